The van der Waals surface area contributed by atoms with Crippen molar-refractivity contribution < 1.29 is 43.3 Å². The number of esters is 2. The van der Waals surface area contributed by atoms with E-state index in [9.17, 15) is 9.90 Å². The van der Waals surface area contributed by atoms with Gasteiger partial charge < -0.3 is 30.0 Å². The number of hydrogen-bond donors (Lipinski definition) is 3. The highest BCUT2D eigenvalue weighted by atomic mass is 32.1. The molecule has 366 valence electrons. The molecule has 14 nitrogen and oxygen atoms in total. The summed E-state index contributed by atoms with van der Waals surface area (Å²) >= 11 is 1.24. The maximum absolute atomic E-state index is 16.8. The quantitative estimate of drug-likeness (QED) is 0.0836. The zero-order valence-corrected chi connectivity index (χ0v) is 40.8. The van der Waals surface area contributed by atoms with E-state index in [0.717, 1.165) is 46.4 Å². The Hall–Kier alpha value is -7.64. The number of aromatic nitrogens is 1. The van der Waals surface area contributed by atoms with Crippen LogP contribution in [0.5, 0.6) is 5.75 Å². The maximum Gasteiger partial charge on any atom is 0.329 e. The molecule has 10 rings (SSSR count). The molecule has 15 heteroatoms. The number of cyclic esters (lactones) is 1. The second-order valence-electron chi connectivity index (χ2n) is 18.7. The van der Waals surface area contributed by atoms with Gasteiger partial charge >= 0.3 is 18.0 Å². The number of thiazole rings is 1. The number of para-hydroxylation sites is 1. The van der Waals surface area contributed by atoms with Gasteiger partial charge in [0.1, 0.15) is 36.0 Å². The highest BCUT2D eigenvalue weighted by Gasteiger charge is 2.76. The largest absolute Gasteiger partial charge is 0.491 e. The van der Waals surface area contributed by atoms with E-state index >= 15 is 19.2 Å². The van der Waals surface area contributed by atoms with Crippen LogP contribution in [0.2, 0.25) is 0 Å². The van der Waals surface area contributed by atoms with Crippen molar-refractivity contribution in [2.24, 2.45) is 11.8 Å². The van der Waals surface area contributed by atoms with Gasteiger partial charge in [-0.1, -0.05) is 128 Å². The molecule has 1 aliphatic carbocycles. The SMILES string of the molecule is COC(=O)[C@@H](NC(=O)N1C(=O)[C@@]2(c3cc(C#CC4=CCCCC4)ccc31)[C@H](c1cccc(OCCO)c1)N1[C@H](c3ccccc3)[C@H](c3ccccc3)OC(=O)[C@H]1[C@@H]2C(=O)Nc1nc2ccccc2s1)C(C)C. The molecule has 0 saturated carbocycles. The minimum Gasteiger partial charge on any atom is -0.491 e. The molecule has 0 radical (unpaired) electrons. The van der Waals surface area contributed by atoms with Crippen LogP contribution in [0, 0.1) is 23.7 Å². The first-order valence-corrected chi connectivity index (χ1v) is 25.0. The summed E-state index contributed by atoms with van der Waals surface area (Å²) in [5, 5.41) is 15.9. The van der Waals surface area contributed by atoms with Crippen LogP contribution in [-0.4, -0.2) is 77.2 Å². The number of ether oxygens (including phenoxy) is 3. The lowest BCUT2D eigenvalue weighted by molar-refractivity contribution is -0.177. The zero-order valence-electron chi connectivity index (χ0n) is 39.9. The first-order chi connectivity index (χ1) is 35.0. The Morgan fingerprint density at radius 3 is 2.32 bits per heavy atom. The van der Waals surface area contributed by atoms with Gasteiger partial charge in [0.15, 0.2) is 5.13 Å². The third-order valence-corrected chi connectivity index (χ3v) is 15.0. The number of allylic oxidation sites excluding steroid dienone is 2. The molecule has 4 heterocycles. The number of carbonyl (C=O) groups excluding carboxylic acids is 5. The highest BCUT2D eigenvalue weighted by Crippen LogP contribution is 2.66. The number of benzene rings is 5. The van der Waals surface area contributed by atoms with Gasteiger partial charge in [-0.25, -0.2) is 19.5 Å². The lowest BCUT2D eigenvalue weighted by Crippen LogP contribution is -2.57. The number of nitrogens with one attached hydrogen (secondary N) is 2. The van der Waals surface area contributed by atoms with Crippen LogP contribution in [0.4, 0.5) is 15.6 Å². The first kappa shape index (κ1) is 48.0. The van der Waals surface area contributed by atoms with E-state index in [4.69, 9.17) is 19.2 Å². The predicted octanol–water partition coefficient (Wildman–Crippen LogP) is 8.73. The summed E-state index contributed by atoms with van der Waals surface area (Å²) in [4.78, 5) is 84.6. The molecule has 0 bridgehead atoms. The van der Waals surface area contributed by atoms with E-state index in [-0.39, 0.29) is 29.6 Å². The molecule has 6 aromatic rings. The number of aliphatic hydroxyl groups is 1. The Kier molecular flexibility index (Phi) is 13.5. The van der Waals surface area contributed by atoms with Crippen LogP contribution in [0.1, 0.15) is 85.5 Å². The number of carbonyl (C=O) groups is 5. The standard InChI is InChI=1S/C57H53N5O9S/c1-34(2)46(52(65)69-3)59-56(68)61-43-29-28-36(27-26-35-16-7-4-8-17-35)32-41(43)57(54(61)67)45(51(64)60-55-58-42-24-13-14-25-44(42)72-55)48-53(66)71-49(38-20-11-6-12-21-38)47(37-18-9-5-10-19-37)62(48)50(57)39-22-15-23-40(33-39)70-31-30-63/h5-6,9-16,18-25,28-29,32-34,45-50,63H,4,7-8,17,30-31H2,1-3H3,(H,59,68)(H,58,60,64)/t45-,46+,47-,48-,49+,50+,57-/m1/s1. The van der Waals surface area contributed by atoms with Crippen molar-refractivity contribution in [3.8, 4) is 17.6 Å². The molecule has 4 aliphatic rings. The molecule has 4 amide bonds. The highest BCUT2D eigenvalue weighted by molar-refractivity contribution is 7.22. The maximum atomic E-state index is 16.8. The normalized spacial score (nSPS) is 22.8. The van der Waals surface area contributed by atoms with Crippen molar-refractivity contribution in [3.63, 3.8) is 0 Å². The number of nitrogens with zero attached hydrogens (tertiary/aromatic N) is 3. The number of aliphatic hydroxyl groups excluding tert-OH is 1. The van der Waals surface area contributed by atoms with Crippen LogP contribution in [0.3, 0.4) is 0 Å². The van der Waals surface area contributed by atoms with Gasteiger partial charge in [0.2, 0.25) is 11.8 Å². The first-order valence-electron chi connectivity index (χ1n) is 24.2. The monoisotopic (exact) mass is 983 g/mol. The minimum atomic E-state index is -2.13. The number of morpholine rings is 1. The molecular formula is C57H53N5O9S. The summed E-state index contributed by atoms with van der Waals surface area (Å²) < 4.78 is 18.6. The van der Waals surface area contributed by atoms with Crippen LogP contribution >= 0.6 is 11.3 Å². The molecule has 5 aromatic carbocycles. The van der Waals surface area contributed by atoms with Gasteiger partial charge in [0.25, 0.3) is 0 Å². The molecule has 72 heavy (non-hydrogen) atoms. The van der Waals surface area contributed by atoms with Gasteiger partial charge in [-0.05, 0) is 102 Å². The summed E-state index contributed by atoms with van der Waals surface area (Å²) in [5.41, 5.74) is 2.24. The number of fused-ring (bicyclic) bond motifs is 4. The lowest BCUT2D eigenvalue weighted by atomic mass is 9.65. The number of rotatable bonds is 11. The van der Waals surface area contributed by atoms with Crippen molar-refractivity contribution in [2.45, 2.75) is 75.2 Å². The molecule has 2 fully saturated rings. The fourth-order valence-corrected chi connectivity index (χ4v) is 11.8. The fourth-order valence-electron chi connectivity index (χ4n) is 11.0. The summed E-state index contributed by atoms with van der Waals surface area (Å²) in [6, 6.07) is 32.7. The summed E-state index contributed by atoms with van der Waals surface area (Å²) in [7, 11) is 1.22. The van der Waals surface area contributed by atoms with E-state index < -0.39 is 77.3 Å². The van der Waals surface area contributed by atoms with Gasteiger partial charge in [0, 0.05) is 5.56 Å². The van der Waals surface area contributed by atoms with E-state index in [1.54, 1.807) is 50.2 Å². The number of urea groups is 1. The summed E-state index contributed by atoms with van der Waals surface area (Å²) in [6.07, 6.45) is 4.98. The second-order valence-corrected chi connectivity index (χ2v) is 19.7. The summed E-state index contributed by atoms with van der Waals surface area (Å²) in [5.74, 6) is 1.91. The number of imide groups is 1. The number of amides is 4. The topological polar surface area (TPSA) is 177 Å². The Morgan fingerprint density at radius 1 is 0.875 bits per heavy atom. The third-order valence-electron chi connectivity index (χ3n) is 14.1. The van der Waals surface area contributed by atoms with Gasteiger partial charge in [0.05, 0.1) is 47.6 Å². The van der Waals surface area contributed by atoms with Crippen molar-refractivity contribution >= 4 is 62.2 Å². The molecule has 7 atom stereocenters. The van der Waals surface area contributed by atoms with E-state index in [2.05, 4.69) is 28.6 Å². The Morgan fingerprint density at radius 2 is 1.61 bits per heavy atom. The number of hydrogen-bond acceptors (Lipinski definition) is 12. The van der Waals surface area contributed by atoms with Crippen LogP contribution in [0.15, 0.2) is 139 Å². The van der Waals surface area contributed by atoms with Crippen molar-refractivity contribution in [1.82, 2.24) is 15.2 Å². The number of methoxy groups -OCH3 is 1. The van der Waals surface area contributed by atoms with Crippen LogP contribution < -0.4 is 20.3 Å². The predicted molar refractivity (Wildman–Crippen MR) is 272 cm³/mol. The average molecular weight is 984 g/mol. The molecule has 0 unspecified atom stereocenters. The van der Waals surface area contributed by atoms with E-state index in [0.29, 0.717) is 28.0 Å². The molecule has 1 aromatic heterocycles. The van der Waals surface area contributed by atoms with Crippen LogP contribution in [-0.2, 0) is 34.1 Å². The Balaban J connectivity index is 1.28. The molecular weight excluding hydrogens is 931 g/mol. The molecule has 1 spiro atoms. The summed E-state index contributed by atoms with van der Waals surface area (Å²) in [6.45, 7) is 3.17. The van der Waals surface area contributed by atoms with Crippen molar-refractivity contribution in [3.05, 3.63) is 167 Å². The second kappa shape index (κ2) is 20.2. The van der Waals surface area contributed by atoms with Gasteiger partial charge in [-0.3, -0.25) is 19.3 Å². The zero-order chi connectivity index (χ0) is 50.1. The fraction of sp³-hybridized carbons (Fsp3) is 0.298. The van der Waals surface area contributed by atoms with E-state index in [1.165, 1.54) is 18.4 Å². The Labute approximate surface area is 421 Å². The molecule has 3 aliphatic heterocycles. The van der Waals surface area contributed by atoms with Gasteiger partial charge in [-0.15, -0.1) is 0 Å². The molecule has 3 N–H and O–H groups in total. The number of anilines is 2. The molecule has 2 saturated heterocycles. The van der Waals surface area contributed by atoms with Crippen molar-refractivity contribution in [1.29, 1.82) is 0 Å². The lowest BCUT2D eigenvalue weighted by Gasteiger charge is -2.46. The van der Waals surface area contributed by atoms with Crippen molar-refractivity contribution in [2.75, 3.05) is 30.5 Å². The Bertz CT molecular complexity index is 3130. The average Bonchev–Trinajstić information content (AvgIpc) is 4.05. The van der Waals surface area contributed by atoms with Crippen LogP contribution in [0.25, 0.3) is 10.2 Å². The minimum absolute atomic E-state index is 0.0424. The van der Waals surface area contributed by atoms with E-state index in [1.807, 2.05) is 95.9 Å². The third kappa shape index (κ3) is 8.59. The smallest absolute Gasteiger partial charge is 0.329 e. The van der Waals surface area contributed by atoms with Gasteiger partial charge in [-0.2, -0.15) is 0 Å².